The van der Waals surface area contributed by atoms with Gasteiger partial charge in [0.05, 0.1) is 17.7 Å². The van der Waals surface area contributed by atoms with Gasteiger partial charge in [0.25, 0.3) is 5.91 Å². The van der Waals surface area contributed by atoms with Crippen LogP contribution >= 0.6 is 11.6 Å². The van der Waals surface area contributed by atoms with Gasteiger partial charge in [0.2, 0.25) is 5.69 Å². The van der Waals surface area contributed by atoms with Gasteiger partial charge >= 0.3 is 0 Å². The van der Waals surface area contributed by atoms with Crippen molar-refractivity contribution in [3.05, 3.63) is 52.5 Å². The Labute approximate surface area is 208 Å². The third-order valence-electron chi connectivity index (χ3n) is 6.50. The van der Waals surface area contributed by atoms with Crippen molar-refractivity contribution in [2.75, 3.05) is 25.0 Å². The number of anilines is 1. The zero-order valence-electron chi connectivity index (χ0n) is 21.7. The number of ether oxygens (including phenoxy) is 1. The summed E-state index contributed by atoms with van der Waals surface area (Å²) in [5, 5.41) is 8.54. The Morgan fingerprint density at radius 2 is 1.97 bits per heavy atom. The van der Waals surface area contributed by atoms with Gasteiger partial charge < -0.3 is 19.3 Å². The van der Waals surface area contributed by atoms with Gasteiger partial charge in [-0.15, -0.1) is 10.2 Å². The van der Waals surface area contributed by atoms with E-state index >= 15 is 0 Å². The molecule has 1 amide bonds. The summed E-state index contributed by atoms with van der Waals surface area (Å²) in [7, 11) is 0. The average molecular weight is 485 g/mol. The summed E-state index contributed by atoms with van der Waals surface area (Å²) in [6, 6.07) is 7.60. The number of piperidine rings is 1. The van der Waals surface area contributed by atoms with Gasteiger partial charge in [0, 0.05) is 36.1 Å². The highest BCUT2D eigenvalue weighted by molar-refractivity contribution is 6.33. The molecule has 1 aromatic heterocycles. The highest BCUT2D eigenvalue weighted by Crippen LogP contribution is 2.32. The molecule has 2 aromatic rings. The molecule has 0 spiro atoms. The van der Waals surface area contributed by atoms with E-state index in [1.807, 2.05) is 4.90 Å². The molecule has 34 heavy (non-hydrogen) atoms. The minimum Gasteiger partial charge on any atom is -0.490 e. The van der Waals surface area contributed by atoms with Gasteiger partial charge in [-0.2, -0.15) is 0 Å². The van der Waals surface area contributed by atoms with Crippen LogP contribution < -0.4 is 9.64 Å². The largest absolute Gasteiger partial charge is 0.490 e. The van der Waals surface area contributed by atoms with Crippen LogP contribution in [0.15, 0.2) is 30.3 Å². The summed E-state index contributed by atoms with van der Waals surface area (Å²) < 4.78 is 30.1. The lowest BCUT2D eigenvalue weighted by Crippen LogP contribution is -2.41. The molecule has 1 aliphatic heterocycles. The molecule has 0 atom stereocenters. The Kier molecular flexibility index (Phi) is 6.44. The second kappa shape index (κ2) is 10.8. The van der Waals surface area contributed by atoms with Gasteiger partial charge in [-0.05, 0) is 62.8 Å². The van der Waals surface area contributed by atoms with Crippen molar-refractivity contribution in [2.45, 2.75) is 50.7 Å². The molecule has 2 aliphatic rings. The number of carbonyl (C=O) groups is 2. The fraction of sp³-hybridized carbons (Fsp3) is 0.480. The first-order valence-electron chi connectivity index (χ1n) is 12.9. The Bertz CT molecular complexity index is 1160. The first kappa shape index (κ1) is 20.2. The maximum Gasteiger partial charge on any atom is 0.274 e. The zero-order valence-corrected chi connectivity index (χ0v) is 19.4. The van der Waals surface area contributed by atoms with E-state index in [1.54, 1.807) is 24.3 Å². The van der Waals surface area contributed by atoms with E-state index in [-0.39, 0.29) is 17.7 Å². The number of carbonyl (C=O) groups excluding carboxylic acids is 2. The van der Waals surface area contributed by atoms with Crippen molar-refractivity contribution in [1.29, 1.82) is 0 Å². The number of amides is 1. The second-order valence-corrected chi connectivity index (χ2v) is 9.09. The maximum atomic E-state index is 13.3. The van der Waals surface area contributed by atoms with Crippen LogP contribution in [0.3, 0.4) is 0 Å². The monoisotopic (exact) mass is 484 g/mol. The van der Waals surface area contributed by atoms with E-state index < -0.39 is 18.9 Å². The number of hydrogen-bond acceptors (Lipinski definition) is 6. The summed E-state index contributed by atoms with van der Waals surface area (Å²) in [6.45, 7) is 5.81. The van der Waals surface area contributed by atoms with Gasteiger partial charge in [0.15, 0.2) is 11.5 Å². The van der Waals surface area contributed by atoms with E-state index in [4.69, 9.17) is 27.0 Å². The Morgan fingerprint density at radius 1 is 1.21 bits per heavy atom. The third kappa shape index (κ3) is 5.48. The van der Waals surface area contributed by atoms with E-state index in [1.165, 1.54) is 6.07 Å². The quantitative estimate of drug-likeness (QED) is 0.441. The van der Waals surface area contributed by atoms with Crippen LogP contribution in [-0.4, -0.2) is 59.5 Å². The van der Waals surface area contributed by atoms with E-state index in [0.29, 0.717) is 61.1 Å². The molecule has 1 saturated heterocycles. The van der Waals surface area contributed by atoms with Crippen LogP contribution in [0.4, 0.5) is 11.5 Å². The molecule has 178 valence electrons. The second-order valence-electron chi connectivity index (χ2n) is 8.69. The Morgan fingerprint density at radius 3 is 2.56 bits per heavy atom. The molecule has 1 aliphatic carbocycles. The van der Waals surface area contributed by atoms with Crippen molar-refractivity contribution < 1.29 is 18.4 Å². The van der Waals surface area contributed by atoms with E-state index in [2.05, 4.69) is 15.0 Å². The normalized spacial score (nSPS) is 22.6. The minimum atomic E-state index is -2.63. The molecule has 1 aromatic carbocycles. The summed E-state index contributed by atoms with van der Waals surface area (Å²) >= 11 is 6.09. The predicted octanol–water partition coefficient (Wildman–Crippen LogP) is 4.56. The molecule has 0 bridgehead atoms. The van der Waals surface area contributed by atoms with Crippen LogP contribution in [0.5, 0.6) is 5.75 Å². The number of rotatable bonds is 6. The fourth-order valence-corrected chi connectivity index (χ4v) is 4.64. The molecule has 1 saturated carbocycles. The molecule has 4 rings (SSSR count). The van der Waals surface area contributed by atoms with Crippen LogP contribution in [-0.2, 0) is 4.79 Å². The first-order valence-corrected chi connectivity index (χ1v) is 11.8. The molecular weight excluding hydrogens is 454 g/mol. The van der Waals surface area contributed by atoms with E-state index in [9.17, 15) is 9.59 Å². The number of benzene rings is 1. The Balaban J connectivity index is 1.39. The van der Waals surface area contributed by atoms with Crippen LogP contribution in [0, 0.1) is 12.5 Å². The van der Waals surface area contributed by atoms with Gasteiger partial charge in [-0.25, -0.2) is 4.85 Å². The number of hydrogen-bond donors (Lipinski definition) is 0. The van der Waals surface area contributed by atoms with Crippen LogP contribution in [0.1, 0.15) is 53.1 Å². The van der Waals surface area contributed by atoms with Crippen molar-refractivity contribution >= 4 is 35.3 Å². The number of aldehydes is 1. The Hall–Kier alpha value is -3.18. The first-order chi connectivity index (χ1) is 17.7. The van der Waals surface area contributed by atoms with Crippen LogP contribution in [0.2, 0.25) is 5.02 Å². The topological polar surface area (TPSA) is 80.0 Å². The summed E-state index contributed by atoms with van der Waals surface area (Å²) in [5.41, 5.74) is 0.332. The van der Waals surface area contributed by atoms with E-state index in [0.717, 1.165) is 24.0 Å². The molecule has 9 heteroatoms. The lowest BCUT2D eigenvalue weighted by molar-refractivity contribution is -0.111. The molecule has 2 heterocycles. The average Bonchev–Trinajstić information content (AvgIpc) is 2.89. The van der Waals surface area contributed by atoms with Crippen molar-refractivity contribution in [2.24, 2.45) is 5.92 Å². The smallest absolute Gasteiger partial charge is 0.274 e. The summed E-state index contributed by atoms with van der Waals surface area (Å²) in [6.07, 6.45) is 4.36. The van der Waals surface area contributed by atoms with Crippen molar-refractivity contribution in [1.82, 2.24) is 15.1 Å². The number of aromatic nitrogens is 2. The summed E-state index contributed by atoms with van der Waals surface area (Å²) in [5.74, 6) is 0.532. The fourth-order valence-electron chi connectivity index (χ4n) is 4.43. The SMILES string of the molecule is [2H]C([2H])([2H])N(C(=O)c1ccc(N2CCC(C=O)CC2)nn1)C1CCC(Oc2ccc([N+]#[C-])c(Cl)c2)CC1. The molecular formula is C25H28ClN5O3. The van der Waals surface area contributed by atoms with Gasteiger partial charge in [0.1, 0.15) is 12.0 Å². The molecule has 8 nitrogen and oxygen atoms in total. The molecule has 0 unspecified atom stereocenters. The molecule has 0 radical (unpaired) electrons. The zero-order chi connectivity index (χ0) is 26.6. The lowest BCUT2D eigenvalue weighted by atomic mass is 9.92. The molecule has 2 fully saturated rings. The van der Waals surface area contributed by atoms with Crippen molar-refractivity contribution in [3.8, 4) is 5.75 Å². The standard InChI is InChI=1S/C25H28ClN5O3/c1-27-22-8-7-20(15-21(22)26)34-19-5-3-18(4-6-19)30(2)25(33)23-9-10-24(29-28-23)31-13-11-17(16-32)12-14-31/h7-10,15-19H,3-6,11-14H2,2H3/i2D3. The minimum absolute atomic E-state index is 0.0180. The number of halogens is 1. The lowest BCUT2D eigenvalue weighted by Gasteiger charge is -2.34. The van der Waals surface area contributed by atoms with Gasteiger partial charge in [-0.3, -0.25) is 4.79 Å². The third-order valence-corrected chi connectivity index (χ3v) is 6.80. The highest BCUT2D eigenvalue weighted by atomic mass is 35.5. The molecule has 0 N–H and O–H groups in total. The van der Waals surface area contributed by atoms with Gasteiger partial charge in [-0.1, -0.05) is 17.7 Å². The maximum absolute atomic E-state index is 13.3. The summed E-state index contributed by atoms with van der Waals surface area (Å²) in [4.78, 5) is 30.5. The predicted molar refractivity (Wildman–Crippen MR) is 130 cm³/mol. The highest BCUT2D eigenvalue weighted by Gasteiger charge is 2.29. The van der Waals surface area contributed by atoms with Crippen LogP contribution in [0.25, 0.3) is 4.85 Å². The number of nitrogens with zero attached hydrogens (tertiary/aromatic N) is 5. The van der Waals surface area contributed by atoms with Crippen molar-refractivity contribution in [3.63, 3.8) is 0 Å².